The molecular formula is C22H25F3N2O2. The van der Waals surface area contributed by atoms with Crippen molar-refractivity contribution in [3.8, 4) is 5.75 Å². The number of alkyl halides is 3. The van der Waals surface area contributed by atoms with E-state index in [9.17, 15) is 18.0 Å². The van der Waals surface area contributed by atoms with E-state index in [0.717, 1.165) is 37.1 Å². The van der Waals surface area contributed by atoms with Gasteiger partial charge in [-0.2, -0.15) is 13.2 Å². The summed E-state index contributed by atoms with van der Waals surface area (Å²) in [6.45, 7) is 5.22. The Labute approximate surface area is 168 Å². The number of hydrogen-bond acceptors (Lipinski definition) is 3. The summed E-state index contributed by atoms with van der Waals surface area (Å²) in [5.41, 5.74) is 1.88. The second kappa shape index (κ2) is 8.45. The van der Waals surface area contributed by atoms with Gasteiger partial charge in [0.15, 0.2) is 0 Å². The van der Waals surface area contributed by atoms with Crippen LogP contribution in [0, 0.1) is 5.92 Å². The SMILES string of the molecule is COc1ccc(C(=O)Nc2ccc3c(c2)C(CC(C)C)NCC3)cc1C(F)(F)F. The summed E-state index contributed by atoms with van der Waals surface area (Å²) < 4.78 is 44.4. The van der Waals surface area contributed by atoms with Crippen molar-refractivity contribution in [1.82, 2.24) is 5.32 Å². The number of anilines is 1. The van der Waals surface area contributed by atoms with Crippen LogP contribution in [0.5, 0.6) is 5.75 Å². The average Bonchev–Trinajstić information content (AvgIpc) is 2.66. The number of methoxy groups -OCH3 is 1. The van der Waals surface area contributed by atoms with Crippen molar-refractivity contribution in [1.29, 1.82) is 0 Å². The highest BCUT2D eigenvalue weighted by molar-refractivity contribution is 6.04. The molecule has 0 saturated heterocycles. The van der Waals surface area contributed by atoms with Crippen LogP contribution in [0.15, 0.2) is 36.4 Å². The van der Waals surface area contributed by atoms with E-state index in [-0.39, 0.29) is 17.4 Å². The number of nitrogens with one attached hydrogen (secondary N) is 2. The Kier molecular flexibility index (Phi) is 6.17. The third-order valence-electron chi connectivity index (χ3n) is 5.04. The molecule has 0 saturated carbocycles. The van der Waals surface area contributed by atoms with Gasteiger partial charge in [-0.1, -0.05) is 19.9 Å². The van der Waals surface area contributed by atoms with Crippen molar-refractivity contribution >= 4 is 11.6 Å². The van der Waals surface area contributed by atoms with E-state index in [2.05, 4.69) is 24.5 Å². The molecule has 0 spiro atoms. The first-order valence-electron chi connectivity index (χ1n) is 9.62. The van der Waals surface area contributed by atoms with E-state index < -0.39 is 17.6 Å². The van der Waals surface area contributed by atoms with Crippen LogP contribution < -0.4 is 15.4 Å². The third kappa shape index (κ3) is 4.90. The molecule has 1 amide bonds. The van der Waals surface area contributed by atoms with Crippen molar-refractivity contribution in [2.24, 2.45) is 5.92 Å². The predicted molar refractivity (Wildman–Crippen MR) is 106 cm³/mol. The molecule has 2 aromatic rings. The van der Waals surface area contributed by atoms with Gasteiger partial charge in [0.05, 0.1) is 12.7 Å². The van der Waals surface area contributed by atoms with E-state index in [1.54, 1.807) is 6.07 Å². The van der Waals surface area contributed by atoms with Gasteiger partial charge >= 0.3 is 6.18 Å². The van der Waals surface area contributed by atoms with Crippen molar-refractivity contribution in [2.45, 2.75) is 38.9 Å². The Hall–Kier alpha value is -2.54. The van der Waals surface area contributed by atoms with Crippen LogP contribution in [-0.2, 0) is 12.6 Å². The van der Waals surface area contributed by atoms with Crippen molar-refractivity contribution in [3.63, 3.8) is 0 Å². The Balaban J connectivity index is 1.85. The summed E-state index contributed by atoms with van der Waals surface area (Å²) in [7, 11) is 1.17. The van der Waals surface area contributed by atoms with Crippen LogP contribution in [0.3, 0.4) is 0 Å². The molecule has 1 unspecified atom stereocenters. The molecule has 156 valence electrons. The topological polar surface area (TPSA) is 50.4 Å². The summed E-state index contributed by atoms with van der Waals surface area (Å²) in [4.78, 5) is 12.6. The molecular weight excluding hydrogens is 381 g/mol. The van der Waals surface area contributed by atoms with Gasteiger partial charge in [-0.3, -0.25) is 4.79 Å². The molecule has 29 heavy (non-hydrogen) atoms. The number of hydrogen-bond donors (Lipinski definition) is 2. The van der Waals surface area contributed by atoms with Gasteiger partial charge in [0.1, 0.15) is 5.75 Å². The molecule has 7 heteroatoms. The fourth-order valence-electron chi connectivity index (χ4n) is 3.67. The van der Waals surface area contributed by atoms with Crippen molar-refractivity contribution in [2.75, 3.05) is 19.0 Å². The zero-order valence-electron chi connectivity index (χ0n) is 16.7. The van der Waals surface area contributed by atoms with E-state index in [0.29, 0.717) is 11.6 Å². The lowest BCUT2D eigenvalue weighted by atomic mass is 9.89. The van der Waals surface area contributed by atoms with E-state index >= 15 is 0 Å². The molecule has 0 radical (unpaired) electrons. The molecule has 1 aliphatic rings. The van der Waals surface area contributed by atoms with Gasteiger partial charge in [0.25, 0.3) is 5.91 Å². The largest absolute Gasteiger partial charge is 0.496 e. The first-order valence-corrected chi connectivity index (χ1v) is 9.62. The summed E-state index contributed by atoms with van der Waals surface area (Å²) in [5.74, 6) is -0.399. The highest BCUT2D eigenvalue weighted by Gasteiger charge is 2.35. The van der Waals surface area contributed by atoms with E-state index in [1.165, 1.54) is 18.7 Å². The summed E-state index contributed by atoms with van der Waals surface area (Å²) >= 11 is 0. The zero-order valence-corrected chi connectivity index (χ0v) is 16.7. The number of carbonyl (C=O) groups is 1. The van der Waals surface area contributed by atoms with Gasteiger partial charge in [0.2, 0.25) is 0 Å². The first-order chi connectivity index (χ1) is 13.7. The minimum Gasteiger partial charge on any atom is -0.496 e. The van der Waals surface area contributed by atoms with Gasteiger partial charge in [-0.25, -0.2) is 0 Å². The van der Waals surface area contributed by atoms with Crippen LogP contribution in [0.2, 0.25) is 0 Å². The van der Waals surface area contributed by atoms with E-state index in [4.69, 9.17) is 4.74 Å². The number of ether oxygens (including phenoxy) is 1. The third-order valence-corrected chi connectivity index (χ3v) is 5.04. The van der Waals surface area contributed by atoms with E-state index in [1.807, 2.05) is 12.1 Å². The number of carbonyl (C=O) groups excluding carboxylic acids is 1. The maximum Gasteiger partial charge on any atom is 0.419 e. The minimum atomic E-state index is -4.61. The normalized spacial score (nSPS) is 16.4. The van der Waals surface area contributed by atoms with Gasteiger partial charge in [-0.05, 0) is 66.8 Å². The van der Waals surface area contributed by atoms with Crippen LogP contribution in [0.1, 0.15) is 53.4 Å². The Bertz CT molecular complexity index is 894. The molecule has 3 rings (SSSR count). The molecule has 0 aliphatic carbocycles. The zero-order chi connectivity index (χ0) is 21.2. The standard InChI is InChI=1S/C22H25F3N2O2/c1-13(2)10-19-17-12-16(6-4-14(17)8-9-26-19)27-21(28)15-5-7-20(29-3)18(11-15)22(23,24)25/h4-7,11-13,19,26H,8-10H2,1-3H3,(H,27,28). The van der Waals surface area contributed by atoms with Crippen LogP contribution in [-0.4, -0.2) is 19.6 Å². The Morgan fingerprint density at radius 2 is 2.00 bits per heavy atom. The molecule has 0 fully saturated rings. The van der Waals surface area contributed by atoms with Gasteiger partial charge in [-0.15, -0.1) is 0 Å². The average molecular weight is 406 g/mol. The second-order valence-corrected chi connectivity index (χ2v) is 7.67. The molecule has 4 nitrogen and oxygen atoms in total. The van der Waals surface area contributed by atoms with Gasteiger partial charge in [0, 0.05) is 17.3 Å². The van der Waals surface area contributed by atoms with Crippen LogP contribution >= 0.6 is 0 Å². The summed E-state index contributed by atoms with van der Waals surface area (Å²) in [6, 6.07) is 9.19. The number of amides is 1. The molecule has 2 N–H and O–H groups in total. The van der Waals surface area contributed by atoms with Crippen LogP contribution in [0.25, 0.3) is 0 Å². The van der Waals surface area contributed by atoms with Crippen molar-refractivity contribution < 1.29 is 22.7 Å². The quantitative estimate of drug-likeness (QED) is 0.718. The molecule has 2 aromatic carbocycles. The highest BCUT2D eigenvalue weighted by Crippen LogP contribution is 2.37. The van der Waals surface area contributed by atoms with Gasteiger partial charge < -0.3 is 15.4 Å². The smallest absolute Gasteiger partial charge is 0.419 e. The molecule has 1 atom stereocenters. The Morgan fingerprint density at radius 3 is 2.66 bits per heavy atom. The highest BCUT2D eigenvalue weighted by atomic mass is 19.4. The lowest BCUT2D eigenvalue weighted by molar-refractivity contribution is -0.138. The minimum absolute atomic E-state index is 0.0762. The lowest BCUT2D eigenvalue weighted by Gasteiger charge is -2.29. The predicted octanol–water partition coefficient (Wildman–Crippen LogP) is 5.20. The summed E-state index contributed by atoms with van der Waals surface area (Å²) in [5, 5.41) is 6.23. The molecule has 0 aromatic heterocycles. The maximum absolute atomic E-state index is 13.2. The number of halogens is 3. The maximum atomic E-state index is 13.2. The molecule has 1 aliphatic heterocycles. The number of rotatable bonds is 5. The monoisotopic (exact) mass is 406 g/mol. The second-order valence-electron chi connectivity index (χ2n) is 7.67. The van der Waals surface area contributed by atoms with Crippen molar-refractivity contribution in [3.05, 3.63) is 58.7 Å². The first kappa shape index (κ1) is 21.2. The number of fused-ring (bicyclic) bond motifs is 1. The summed E-state index contributed by atoms with van der Waals surface area (Å²) in [6.07, 6.45) is -2.73. The fraction of sp³-hybridized carbons (Fsp3) is 0.409. The Morgan fingerprint density at radius 1 is 1.24 bits per heavy atom. The van der Waals surface area contributed by atoms with Crippen LogP contribution in [0.4, 0.5) is 18.9 Å². The molecule has 1 heterocycles. The fourth-order valence-corrected chi connectivity index (χ4v) is 3.67. The lowest BCUT2D eigenvalue weighted by Crippen LogP contribution is -2.30. The molecule has 0 bridgehead atoms. The number of benzene rings is 2.